The lowest BCUT2D eigenvalue weighted by molar-refractivity contribution is -0.660. The van der Waals surface area contributed by atoms with Crippen molar-refractivity contribution < 1.29 is 8.98 Å². The largest absolute Gasteiger partial charge is 0.437 e. The second kappa shape index (κ2) is 6.98. The summed E-state index contributed by atoms with van der Waals surface area (Å²) >= 11 is 0. The highest BCUT2D eigenvalue weighted by atomic mass is 16.3. The molecule has 0 spiro atoms. The van der Waals surface area contributed by atoms with E-state index in [4.69, 9.17) is 9.40 Å². The zero-order chi connectivity index (χ0) is 20.9. The number of aryl methyl sites for hydroxylation is 2. The van der Waals surface area contributed by atoms with Crippen LogP contribution in [0.25, 0.3) is 33.3 Å². The minimum Gasteiger partial charge on any atom is -0.437 e. The van der Waals surface area contributed by atoms with E-state index in [1.807, 2.05) is 0 Å². The van der Waals surface area contributed by atoms with Crippen LogP contribution in [0.5, 0.6) is 0 Å². The first-order valence-electron chi connectivity index (χ1n) is 10.5. The van der Waals surface area contributed by atoms with Gasteiger partial charge in [-0.05, 0) is 42.5 Å². The Labute approximate surface area is 173 Å². The van der Waals surface area contributed by atoms with E-state index in [1.165, 1.54) is 16.8 Å². The van der Waals surface area contributed by atoms with E-state index in [0.717, 1.165) is 39.7 Å². The van der Waals surface area contributed by atoms with Gasteiger partial charge in [0.05, 0.1) is 5.56 Å². The number of hydrogen-bond donors (Lipinski definition) is 0. The van der Waals surface area contributed by atoms with Crippen molar-refractivity contribution in [2.24, 2.45) is 13.0 Å². The molecule has 1 aromatic carbocycles. The first-order valence-corrected chi connectivity index (χ1v) is 10.5. The van der Waals surface area contributed by atoms with E-state index in [2.05, 4.69) is 95.8 Å². The van der Waals surface area contributed by atoms with Crippen molar-refractivity contribution in [2.75, 3.05) is 0 Å². The molecule has 4 aromatic rings. The van der Waals surface area contributed by atoms with Crippen LogP contribution in [0.3, 0.4) is 0 Å². The molecule has 150 valence electrons. The molecule has 3 heterocycles. The molecule has 0 saturated carbocycles. The predicted octanol–water partition coefficient (Wildman–Crippen LogP) is 6.28. The van der Waals surface area contributed by atoms with E-state index in [0.29, 0.717) is 5.92 Å². The first-order chi connectivity index (χ1) is 13.6. The highest BCUT2D eigenvalue weighted by Gasteiger charge is 2.23. The minimum atomic E-state index is -0.0104. The van der Waals surface area contributed by atoms with Crippen LogP contribution in [-0.2, 0) is 18.9 Å². The third kappa shape index (κ3) is 3.55. The molecule has 0 saturated heterocycles. The van der Waals surface area contributed by atoms with Crippen molar-refractivity contribution in [1.82, 2.24) is 4.98 Å². The summed E-state index contributed by atoms with van der Waals surface area (Å²) in [6, 6.07) is 13.2. The fourth-order valence-corrected chi connectivity index (χ4v) is 4.02. The predicted molar refractivity (Wildman–Crippen MR) is 120 cm³/mol. The summed E-state index contributed by atoms with van der Waals surface area (Å²) in [5, 5.41) is 2.21. The third-order valence-corrected chi connectivity index (χ3v) is 5.60. The number of pyridine rings is 2. The molecule has 0 amide bonds. The SMILES string of the molecule is Cc1ccc2c(oc3nc(C(C)(C)C)ccc32)c1-c1cc(CC(C)C)cc[n+]1C. The van der Waals surface area contributed by atoms with Gasteiger partial charge in [-0.1, -0.05) is 46.8 Å². The molecule has 0 atom stereocenters. The van der Waals surface area contributed by atoms with Crippen LogP contribution in [0, 0.1) is 12.8 Å². The van der Waals surface area contributed by atoms with Crippen molar-refractivity contribution in [3.8, 4) is 11.3 Å². The number of nitrogens with zero attached hydrogens (tertiary/aromatic N) is 2. The van der Waals surface area contributed by atoms with Crippen LogP contribution < -0.4 is 4.57 Å². The molecule has 0 bridgehead atoms. The van der Waals surface area contributed by atoms with E-state index >= 15 is 0 Å². The van der Waals surface area contributed by atoms with Crippen molar-refractivity contribution in [2.45, 2.75) is 53.4 Å². The van der Waals surface area contributed by atoms with Crippen molar-refractivity contribution in [3.05, 3.63) is 59.4 Å². The van der Waals surface area contributed by atoms with Crippen molar-refractivity contribution in [1.29, 1.82) is 0 Å². The monoisotopic (exact) mass is 387 g/mol. The van der Waals surface area contributed by atoms with Crippen molar-refractivity contribution >= 4 is 22.1 Å². The quantitative estimate of drug-likeness (QED) is 0.387. The number of hydrogen-bond acceptors (Lipinski definition) is 2. The second-order valence-corrected chi connectivity index (χ2v) is 9.66. The number of benzene rings is 1. The summed E-state index contributed by atoms with van der Waals surface area (Å²) < 4.78 is 8.59. The average Bonchev–Trinajstić information content (AvgIpc) is 3.00. The molecule has 0 N–H and O–H groups in total. The summed E-state index contributed by atoms with van der Waals surface area (Å²) in [6.07, 6.45) is 3.23. The topological polar surface area (TPSA) is 29.9 Å². The van der Waals surface area contributed by atoms with Crippen LogP contribution >= 0.6 is 0 Å². The van der Waals surface area contributed by atoms with Crippen LogP contribution in [0.2, 0.25) is 0 Å². The molecule has 0 aliphatic carbocycles. The lowest BCUT2D eigenvalue weighted by atomic mass is 9.91. The lowest BCUT2D eigenvalue weighted by Gasteiger charge is -2.16. The molecule has 4 rings (SSSR count). The Morgan fingerprint density at radius 1 is 1.03 bits per heavy atom. The fourth-order valence-electron chi connectivity index (χ4n) is 4.02. The third-order valence-electron chi connectivity index (χ3n) is 5.60. The van der Waals surface area contributed by atoms with E-state index in [-0.39, 0.29) is 5.41 Å². The number of aromatic nitrogens is 2. The van der Waals surface area contributed by atoms with Gasteiger partial charge < -0.3 is 4.42 Å². The lowest BCUT2D eigenvalue weighted by Crippen LogP contribution is -2.31. The molecule has 0 fully saturated rings. The zero-order valence-corrected chi connectivity index (χ0v) is 18.6. The Bertz CT molecular complexity index is 1210. The van der Waals surface area contributed by atoms with E-state index < -0.39 is 0 Å². The molecule has 3 aromatic heterocycles. The summed E-state index contributed by atoms with van der Waals surface area (Å²) in [5.41, 5.74) is 7.60. The van der Waals surface area contributed by atoms with E-state index in [9.17, 15) is 0 Å². The molecular formula is C26H31N2O+. The van der Waals surface area contributed by atoms with Gasteiger partial charge in [0.2, 0.25) is 11.4 Å². The van der Waals surface area contributed by atoms with Gasteiger partial charge in [-0.2, -0.15) is 0 Å². The van der Waals surface area contributed by atoms with Crippen LogP contribution in [0.15, 0.2) is 47.0 Å². The molecule has 3 nitrogen and oxygen atoms in total. The minimum absolute atomic E-state index is 0.0104. The summed E-state index contributed by atoms with van der Waals surface area (Å²) in [4.78, 5) is 4.85. The normalized spacial score (nSPS) is 12.4. The van der Waals surface area contributed by atoms with Gasteiger partial charge in [0.25, 0.3) is 0 Å². The van der Waals surface area contributed by atoms with Gasteiger partial charge in [0, 0.05) is 34.0 Å². The highest BCUT2D eigenvalue weighted by molar-refractivity contribution is 6.08. The molecule has 29 heavy (non-hydrogen) atoms. The smallest absolute Gasteiger partial charge is 0.227 e. The Morgan fingerprint density at radius 2 is 1.76 bits per heavy atom. The summed E-state index contributed by atoms with van der Waals surface area (Å²) in [7, 11) is 2.10. The maximum absolute atomic E-state index is 6.41. The Hall–Kier alpha value is -2.68. The molecular weight excluding hydrogens is 356 g/mol. The summed E-state index contributed by atoms with van der Waals surface area (Å²) in [6.45, 7) is 13.2. The summed E-state index contributed by atoms with van der Waals surface area (Å²) in [5.74, 6) is 0.624. The maximum Gasteiger partial charge on any atom is 0.227 e. The Morgan fingerprint density at radius 3 is 2.45 bits per heavy atom. The van der Waals surface area contributed by atoms with Gasteiger partial charge in [0.15, 0.2) is 11.8 Å². The van der Waals surface area contributed by atoms with Crippen LogP contribution in [-0.4, -0.2) is 4.98 Å². The van der Waals surface area contributed by atoms with E-state index in [1.54, 1.807) is 0 Å². The van der Waals surface area contributed by atoms with Gasteiger partial charge in [-0.25, -0.2) is 9.55 Å². The Kier molecular flexibility index (Phi) is 4.72. The number of fused-ring (bicyclic) bond motifs is 3. The van der Waals surface area contributed by atoms with Gasteiger partial charge in [0.1, 0.15) is 7.05 Å². The molecule has 0 aliphatic heterocycles. The van der Waals surface area contributed by atoms with Gasteiger partial charge in [-0.3, -0.25) is 0 Å². The van der Waals surface area contributed by atoms with Crippen LogP contribution in [0.4, 0.5) is 0 Å². The average molecular weight is 388 g/mol. The molecule has 0 unspecified atom stereocenters. The molecule has 0 aliphatic rings. The number of furan rings is 1. The van der Waals surface area contributed by atoms with Crippen LogP contribution in [0.1, 0.15) is 51.4 Å². The molecule has 0 radical (unpaired) electrons. The maximum atomic E-state index is 6.41. The number of rotatable bonds is 3. The fraction of sp³-hybridized carbons (Fsp3) is 0.385. The highest BCUT2D eigenvalue weighted by Crippen LogP contribution is 2.37. The van der Waals surface area contributed by atoms with Crippen molar-refractivity contribution in [3.63, 3.8) is 0 Å². The first kappa shape index (κ1) is 19.6. The Balaban J connectivity index is 1.99. The standard InChI is InChI=1S/C26H31N2O/c1-16(2)14-18-12-13-28(7)21(15-18)23-17(3)8-9-19-20-10-11-22(26(4,5)6)27-25(20)29-24(19)23/h8-13,15-16H,14H2,1-7H3/q+1. The second-order valence-electron chi connectivity index (χ2n) is 9.66. The molecule has 3 heteroatoms. The zero-order valence-electron chi connectivity index (χ0n) is 18.6. The van der Waals surface area contributed by atoms with Gasteiger partial charge >= 0.3 is 0 Å². The van der Waals surface area contributed by atoms with Gasteiger partial charge in [-0.15, -0.1) is 0 Å².